The van der Waals surface area contributed by atoms with Crippen LogP contribution in [0.3, 0.4) is 0 Å². The first-order valence-electron chi connectivity index (χ1n) is 10.8. The number of benzene rings is 2. The molecular formula is C25H28N2O5. The minimum atomic E-state index is -0.659. The van der Waals surface area contributed by atoms with E-state index in [1.54, 1.807) is 30.2 Å². The topological polar surface area (TPSA) is 79.3 Å². The number of methoxy groups -OCH3 is 1. The summed E-state index contributed by atoms with van der Waals surface area (Å²) in [5.41, 5.74) is 2.18. The average molecular weight is 437 g/mol. The molecule has 0 spiro atoms. The van der Waals surface area contributed by atoms with Gasteiger partial charge in [0.2, 0.25) is 0 Å². The predicted octanol–water partition coefficient (Wildman–Crippen LogP) is 2.76. The molecule has 0 saturated carbocycles. The molecule has 1 atom stereocenters. The zero-order chi connectivity index (χ0) is 22.7. The summed E-state index contributed by atoms with van der Waals surface area (Å²) in [5.74, 6) is -0.746. The Hall–Kier alpha value is -3.16. The minimum absolute atomic E-state index is 0.122. The van der Waals surface area contributed by atoms with E-state index in [9.17, 15) is 14.7 Å². The third-order valence-electron chi connectivity index (χ3n) is 6.10. The number of hydrogen-bond acceptors (Lipinski definition) is 6. The molecule has 1 N–H and O–H groups in total. The van der Waals surface area contributed by atoms with Gasteiger partial charge in [-0.2, -0.15) is 0 Å². The van der Waals surface area contributed by atoms with Crippen LogP contribution in [-0.4, -0.2) is 73.1 Å². The maximum Gasteiger partial charge on any atom is 0.295 e. The number of morpholine rings is 1. The molecule has 32 heavy (non-hydrogen) atoms. The molecule has 0 aliphatic carbocycles. The molecule has 2 saturated heterocycles. The monoisotopic (exact) mass is 436 g/mol. The summed E-state index contributed by atoms with van der Waals surface area (Å²) in [6.07, 6.45) is 0. The van der Waals surface area contributed by atoms with Crippen molar-refractivity contribution < 1.29 is 24.2 Å². The molecule has 1 amide bonds. The maximum atomic E-state index is 13.1. The molecule has 0 bridgehead atoms. The molecule has 2 aromatic rings. The Morgan fingerprint density at radius 2 is 1.81 bits per heavy atom. The Morgan fingerprint density at radius 3 is 2.47 bits per heavy atom. The smallest absolute Gasteiger partial charge is 0.295 e. The van der Waals surface area contributed by atoms with Crippen LogP contribution in [0.1, 0.15) is 22.7 Å². The second kappa shape index (κ2) is 9.54. The fourth-order valence-electron chi connectivity index (χ4n) is 4.34. The SMILES string of the molecule is COc1ccc(C(O)=C2C(=O)C(=O)N(CCN3CCOCC3)[C@H]2c2ccccc2)c(C)c1. The molecule has 2 aliphatic rings. The zero-order valence-electron chi connectivity index (χ0n) is 18.4. The van der Waals surface area contributed by atoms with Gasteiger partial charge in [-0.05, 0) is 36.2 Å². The van der Waals surface area contributed by atoms with Crippen LogP contribution >= 0.6 is 0 Å². The van der Waals surface area contributed by atoms with Crippen LogP contribution in [0.15, 0.2) is 54.1 Å². The standard InChI is InChI=1S/C25H28N2O5/c1-17-16-19(31-2)8-9-20(17)23(28)21-22(18-6-4-3-5-7-18)27(25(30)24(21)29)11-10-26-12-14-32-15-13-26/h3-9,16,22,28H,10-15H2,1-2H3/t22-/m0/s1. The first-order valence-corrected chi connectivity index (χ1v) is 10.8. The number of aliphatic hydroxyl groups excluding tert-OH is 1. The Balaban J connectivity index is 1.73. The quantitative estimate of drug-likeness (QED) is 0.426. The van der Waals surface area contributed by atoms with Gasteiger partial charge in [-0.1, -0.05) is 30.3 Å². The summed E-state index contributed by atoms with van der Waals surface area (Å²) in [5, 5.41) is 11.2. The first-order chi connectivity index (χ1) is 15.5. The van der Waals surface area contributed by atoms with Crippen molar-refractivity contribution in [2.75, 3.05) is 46.5 Å². The Labute approximate surface area is 187 Å². The molecule has 2 fully saturated rings. The van der Waals surface area contributed by atoms with Gasteiger partial charge in [0.1, 0.15) is 11.5 Å². The number of ketones is 1. The van der Waals surface area contributed by atoms with E-state index in [4.69, 9.17) is 9.47 Å². The Bertz CT molecular complexity index is 1030. The molecule has 0 radical (unpaired) electrons. The number of Topliss-reactive ketones (excluding diaryl/α,β-unsaturated/α-hetero) is 1. The summed E-state index contributed by atoms with van der Waals surface area (Å²) in [7, 11) is 1.57. The molecule has 2 heterocycles. The van der Waals surface area contributed by atoms with Crippen LogP contribution in [0.5, 0.6) is 5.75 Å². The van der Waals surface area contributed by atoms with Gasteiger partial charge in [-0.3, -0.25) is 14.5 Å². The predicted molar refractivity (Wildman–Crippen MR) is 120 cm³/mol. The van der Waals surface area contributed by atoms with Gasteiger partial charge in [0.15, 0.2) is 0 Å². The molecule has 168 valence electrons. The molecule has 2 aromatic carbocycles. The number of rotatable bonds is 6. The second-order valence-corrected chi connectivity index (χ2v) is 8.04. The van der Waals surface area contributed by atoms with Gasteiger partial charge in [0, 0.05) is 31.7 Å². The second-order valence-electron chi connectivity index (χ2n) is 8.04. The van der Waals surface area contributed by atoms with Crippen molar-refractivity contribution >= 4 is 17.4 Å². The van der Waals surface area contributed by atoms with Crippen molar-refractivity contribution in [1.29, 1.82) is 0 Å². The van der Waals surface area contributed by atoms with Gasteiger partial charge < -0.3 is 19.5 Å². The number of carbonyl (C=O) groups excluding carboxylic acids is 2. The molecule has 7 nitrogen and oxygen atoms in total. The number of aliphatic hydroxyl groups is 1. The summed E-state index contributed by atoms with van der Waals surface area (Å²) < 4.78 is 10.6. The highest BCUT2D eigenvalue weighted by atomic mass is 16.5. The third kappa shape index (κ3) is 4.26. The van der Waals surface area contributed by atoms with Gasteiger partial charge in [0.25, 0.3) is 11.7 Å². The van der Waals surface area contributed by atoms with Crippen LogP contribution in [0.2, 0.25) is 0 Å². The van der Waals surface area contributed by atoms with Crippen LogP contribution in [-0.2, 0) is 14.3 Å². The summed E-state index contributed by atoms with van der Waals surface area (Å²) in [6, 6.07) is 14.0. The molecule has 7 heteroatoms. The van der Waals surface area contributed by atoms with E-state index in [-0.39, 0.29) is 11.3 Å². The van der Waals surface area contributed by atoms with E-state index in [0.717, 1.165) is 24.2 Å². The molecule has 0 unspecified atom stereocenters. The lowest BCUT2D eigenvalue weighted by atomic mass is 9.94. The van der Waals surface area contributed by atoms with Crippen molar-refractivity contribution in [2.24, 2.45) is 0 Å². The zero-order valence-corrected chi connectivity index (χ0v) is 18.4. The Morgan fingerprint density at radius 1 is 1.09 bits per heavy atom. The van der Waals surface area contributed by atoms with Gasteiger partial charge >= 0.3 is 0 Å². The number of nitrogens with zero attached hydrogens (tertiary/aromatic N) is 2. The number of aryl methyl sites for hydroxylation is 1. The van der Waals surface area contributed by atoms with Crippen molar-refractivity contribution in [2.45, 2.75) is 13.0 Å². The van der Waals surface area contributed by atoms with Crippen molar-refractivity contribution in [3.63, 3.8) is 0 Å². The van der Waals surface area contributed by atoms with E-state index in [1.165, 1.54) is 0 Å². The van der Waals surface area contributed by atoms with Crippen molar-refractivity contribution in [3.05, 3.63) is 70.8 Å². The largest absolute Gasteiger partial charge is 0.507 e. The lowest BCUT2D eigenvalue weighted by molar-refractivity contribution is -0.140. The lowest BCUT2D eigenvalue weighted by Crippen LogP contribution is -2.42. The normalized spacial score (nSPS) is 21.2. The van der Waals surface area contributed by atoms with Crippen LogP contribution in [0.4, 0.5) is 0 Å². The lowest BCUT2D eigenvalue weighted by Gasteiger charge is -2.31. The molecule has 0 aromatic heterocycles. The Kier molecular flexibility index (Phi) is 6.58. The highest BCUT2D eigenvalue weighted by Gasteiger charge is 2.46. The van der Waals surface area contributed by atoms with Crippen molar-refractivity contribution in [1.82, 2.24) is 9.80 Å². The number of carbonyl (C=O) groups is 2. The third-order valence-corrected chi connectivity index (χ3v) is 6.10. The summed E-state index contributed by atoms with van der Waals surface area (Å²) in [6.45, 7) is 5.79. The van der Waals surface area contributed by atoms with Crippen LogP contribution < -0.4 is 4.74 Å². The number of amides is 1. The highest BCUT2D eigenvalue weighted by Crippen LogP contribution is 2.40. The average Bonchev–Trinajstić information content (AvgIpc) is 3.08. The van der Waals surface area contributed by atoms with E-state index < -0.39 is 17.7 Å². The van der Waals surface area contributed by atoms with Crippen molar-refractivity contribution in [3.8, 4) is 5.75 Å². The van der Waals surface area contributed by atoms with Gasteiger partial charge in [0.05, 0.1) is 31.9 Å². The van der Waals surface area contributed by atoms with Gasteiger partial charge in [-0.25, -0.2) is 0 Å². The van der Waals surface area contributed by atoms with E-state index in [2.05, 4.69) is 4.90 Å². The number of ether oxygens (including phenoxy) is 2. The maximum absolute atomic E-state index is 13.1. The van der Waals surface area contributed by atoms with Crippen LogP contribution in [0.25, 0.3) is 5.76 Å². The van der Waals surface area contributed by atoms with E-state index in [1.807, 2.05) is 37.3 Å². The molecule has 2 aliphatic heterocycles. The molecule has 4 rings (SSSR count). The van der Waals surface area contributed by atoms with Gasteiger partial charge in [-0.15, -0.1) is 0 Å². The number of likely N-dealkylation sites (tertiary alicyclic amines) is 1. The minimum Gasteiger partial charge on any atom is -0.507 e. The number of hydrogen-bond donors (Lipinski definition) is 1. The highest BCUT2D eigenvalue weighted by molar-refractivity contribution is 6.46. The fourth-order valence-corrected chi connectivity index (χ4v) is 4.34. The molecular weight excluding hydrogens is 408 g/mol. The van der Waals surface area contributed by atoms with E-state index in [0.29, 0.717) is 37.6 Å². The summed E-state index contributed by atoms with van der Waals surface area (Å²) in [4.78, 5) is 30.0. The fraction of sp³-hybridized carbons (Fsp3) is 0.360. The van der Waals surface area contributed by atoms with E-state index >= 15 is 0 Å². The summed E-state index contributed by atoms with van der Waals surface area (Å²) >= 11 is 0. The first kappa shape index (κ1) is 22.0. The van der Waals surface area contributed by atoms with Crippen LogP contribution in [0, 0.1) is 6.92 Å².